The Morgan fingerprint density at radius 2 is 1.85 bits per heavy atom. The molecule has 5 heteroatoms. The van der Waals surface area contributed by atoms with Gasteiger partial charge < -0.3 is 19.7 Å². The molecule has 0 aromatic heterocycles. The molecule has 2 aliphatic rings. The number of carbonyl (C=O) groups excluding carboxylic acids is 1. The molecule has 0 saturated carbocycles. The van der Waals surface area contributed by atoms with E-state index in [9.17, 15) is 4.79 Å². The Bertz CT molecular complexity index is 469. The number of benzene rings is 1. The Balaban J connectivity index is 1.67. The zero-order valence-electron chi connectivity index (χ0n) is 11.8. The van der Waals surface area contributed by atoms with E-state index in [0.717, 1.165) is 12.1 Å². The molecule has 1 amide bonds. The van der Waals surface area contributed by atoms with Gasteiger partial charge in [-0.2, -0.15) is 0 Å². The van der Waals surface area contributed by atoms with Crippen molar-refractivity contribution in [3.8, 4) is 0 Å². The van der Waals surface area contributed by atoms with Crippen molar-refractivity contribution in [2.45, 2.75) is 24.7 Å². The van der Waals surface area contributed by atoms with Crippen molar-refractivity contribution in [3.63, 3.8) is 0 Å². The van der Waals surface area contributed by atoms with E-state index in [1.54, 1.807) is 14.2 Å². The fourth-order valence-electron chi connectivity index (χ4n) is 3.04. The van der Waals surface area contributed by atoms with Crippen LogP contribution < -0.4 is 5.32 Å². The van der Waals surface area contributed by atoms with E-state index in [4.69, 9.17) is 9.47 Å². The number of amides is 1. The second kappa shape index (κ2) is 5.42. The van der Waals surface area contributed by atoms with Crippen LogP contribution in [0.5, 0.6) is 0 Å². The number of ether oxygens (including phenoxy) is 2. The predicted octanol–water partition coefficient (Wildman–Crippen LogP) is 0.895. The van der Waals surface area contributed by atoms with E-state index in [2.05, 4.69) is 11.4 Å². The number of nitrogens with one attached hydrogen (secondary N) is 1. The number of hydrogen-bond donors (Lipinski definition) is 1. The van der Waals surface area contributed by atoms with Gasteiger partial charge in [-0.1, -0.05) is 18.2 Å². The van der Waals surface area contributed by atoms with Crippen LogP contribution in [0.4, 0.5) is 5.69 Å². The number of carbonyl (C=O) groups is 1. The first-order valence-electron chi connectivity index (χ1n) is 6.91. The molecular weight excluding hydrogens is 256 g/mol. The van der Waals surface area contributed by atoms with Crippen LogP contribution in [0.2, 0.25) is 0 Å². The van der Waals surface area contributed by atoms with Gasteiger partial charge in [0.15, 0.2) is 0 Å². The van der Waals surface area contributed by atoms with Crippen LogP contribution in [0.25, 0.3) is 0 Å². The lowest BCUT2D eigenvalue weighted by Crippen LogP contribution is -2.41. The first kappa shape index (κ1) is 13.4. The highest BCUT2D eigenvalue weighted by atomic mass is 16.5. The van der Waals surface area contributed by atoms with Crippen LogP contribution in [-0.2, 0) is 20.7 Å². The summed E-state index contributed by atoms with van der Waals surface area (Å²) in [5.41, 5.74) is 2.27. The minimum Gasteiger partial charge on any atom is -0.377 e. The average molecular weight is 276 g/mol. The van der Waals surface area contributed by atoms with Crippen molar-refractivity contribution in [2.75, 3.05) is 32.6 Å². The van der Waals surface area contributed by atoms with Crippen molar-refractivity contribution >= 4 is 11.6 Å². The number of para-hydroxylation sites is 1. The lowest BCUT2D eigenvalue weighted by Gasteiger charge is -2.20. The normalized spacial score (nSPS) is 28.3. The highest BCUT2D eigenvalue weighted by molar-refractivity contribution is 5.87. The third-order valence-electron chi connectivity index (χ3n) is 4.20. The summed E-state index contributed by atoms with van der Waals surface area (Å²) in [5, 5.41) is 3.30. The molecule has 0 bridgehead atoms. The molecular formula is C15H20N2O3. The van der Waals surface area contributed by atoms with Gasteiger partial charge in [-0.05, 0) is 11.6 Å². The smallest absolute Gasteiger partial charge is 0.245 e. The summed E-state index contributed by atoms with van der Waals surface area (Å²) in [6, 6.07) is 7.90. The number of hydrogen-bond acceptors (Lipinski definition) is 4. The summed E-state index contributed by atoms with van der Waals surface area (Å²) in [7, 11) is 3.32. The first-order chi connectivity index (χ1) is 9.72. The zero-order chi connectivity index (χ0) is 14.1. The highest BCUT2D eigenvalue weighted by Gasteiger charge is 2.39. The molecule has 1 fully saturated rings. The molecule has 108 valence electrons. The van der Waals surface area contributed by atoms with E-state index in [-0.39, 0.29) is 24.2 Å². The van der Waals surface area contributed by atoms with E-state index in [1.807, 2.05) is 23.1 Å². The number of fused-ring (bicyclic) bond motifs is 1. The van der Waals surface area contributed by atoms with Crippen LogP contribution in [0.1, 0.15) is 5.56 Å². The third kappa shape index (κ3) is 2.27. The Labute approximate surface area is 118 Å². The molecule has 20 heavy (non-hydrogen) atoms. The zero-order valence-corrected chi connectivity index (χ0v) is 11.8. The van der Waals surface area contributed by atoms with Crippen molar-refractivity contribution in [1.29, 1.82) is 0 Å². The number of rotatable bonds is 3. The van der Waals surface area contributed by atoms with Gasteiger partial charge in [0.25, 0.3) is 0 Å². The van der Waals surface area contributed by atoms with Crippen LogP contribution in [-0.4, -0.2) is 56.4 Å². The Hall–Kier alpha value is -1.59. The molecule has 1 saturated heterocycles. The molecule has 0 aliphatic carbocycles. The lowest BCUT2D eigenvalue weighted by molar-refractivity contribution is -0.131. The Morgan fingerprint density at radius 1 is 1.20 bits per heavy atom. The van der Waals surface area contributed by atoms with Crippen LogP contribution in [0, 0.1) is 0 Å². The second-order valence-corrected chi connectivity index (χ2v) is 5.35. The summed E-state index contributed by atoms with van der Waals surface area (Å²) in [6.45, 7) is 1.20. The lowest BCUT2D eigenvalue weighted by atomic mass is 10.1. The maximum absolute atomic E-state index is 12.6. The SMILES string of the molecule is COC1CN(C(=O)[C@@H]2Cc3ccccc3N2)CC1OC. The first-order valence-corrected chi connectivity index (χ1v) is 6.91. The molecule has 2 unspecified atom stereocenters. The maximum atomic E-state index is 12.6. The van der Waals surface area contributed by atoms with Crippen LogP contribution in [0.3, 0.4) is 0 Å². The predicted molar refractivity (Wildman–Crippen MR) is 75.7 cm³/mol. The van der Waals surface area contributed by atoms with Gasteiger partial charge in [0.1, 0.15) is 18.2 Å². The molecule has 5 nitrogen and oxygen atoms in total. The van der Waals surface area contributed by atoms with Gasteiger partial charge in [-0.25, -0.2) is 0 Å². The Kier molecular flexibility index (Phi) is 3.63. The van der Waals surface area contributed by atoms with Crippen molar-refractivity contribution in [3.05, 3.63) is 29.8 Å². The molecule has 2 aliphatic heterocycles. The number of nitrogens with zero attached hydrogens (tertiary/aromatic N) is 1. The second-order valence-electron chi connectivity index (χ2n) is 5.35. The summed E-state index contributed by atoms with van der Waals surface area (Å²) < 4.78 is 10.8. The summed E-state index contributed by atoms with van der Waals surface area (Å²) in [6.07, 6.45) is 0.682. The fourth-order valence-corrected chi connectivity index (χ4v) is 3.04. The molecule has 2 heterocycles. The standard InChI is InChI=1S/C15H20N2O3/c1-19-13-8-17(9-14(13)20-2)15(18)12-7-10-5-3-4-6-11(10)16-12/h3-6,12-14,16H,7-9H2,1-2H3/t12-,13?,14?/m0/s1. The monoisotopic (exact) mass is 276 g/mol. The van der Waals surface area contributed by atoms with Crippen molar-refractivity contribution < 1.29 is 14.3 Å². The number of likely N-dealkylation sites (tertiary alicyclic amines) is 1. The molecule has 0 spiro atoms. The minimum atomic E-state index is -0.166. The quantitative estimate of drug-likeness (QED) is 0.891. The summed E-state index contributed by atoms with van der Waals surface area (Å²) >= 11 is 0. The van der Waals surface area contributed by atoms with Gasteiger partial charge in [0.2, 0.25) is 5.91 Å². The van der Waals surface area contributed by atoms with Gasteiger partial charge in [-0.15, -0.1) is 0 Å². The summed E-state index contributed by atoms with van der Waals surface area (Å²) in [5.74, 6) is 0.128. The summed E-state index contributed by atoms with van der Waals surface area (Å²) in [4.78, 5) is 14.4. The van der Waals surface area contributed by atoms with Crippen molar-refractivity contribution in [2.24, 2.45) is 0 Å². The minimum absolute atomic E-state index is 0.0345. The number of anilines is 1. The van der Waals surface area contributed by atoms with Gasteiger partial charge >= 0.3 is 0 Å². The van der Waals surface area contributed by atoms with Gasteiger partial charge in [-0.3, -0.25) is 4.79 Å². The van der Waals surface area contributed by atoms with Crippen LogP contribution >= 0.6 is 0 Å². The highest BCUT2D eigenvalue weighted by Crippen LogP contribution is 2.27. The fraction of sp³-hybridized carbons (Fsp3) is 0.533. The molecule has 1 N–H and O–H groups in total. The van der Waals surface area contributed by atoms with E-state index in [1.165, 1.54) is 5.56 Å². The topological polar surface area (TPSA) is 50.8 Å². The largest absolute Gasteiger partial charge is 0.377 e. The van der Waals surface area contributed by atoms with E-state index < -0.39 is 0 Å². The van der Waals surface area contributed by atoms with Crippen LogP contribution in [0.15, 0.2) is 24.3 Å². The Morgan fingerprint density at radius 3 is 2.45 bits per heavy atom. The maximum Gasteiger partial charge on any atom is 0.245 e. The molecule has 3 rings (SSSR count). The van der Waals surface area contributed by atoms with Gasteiger partial charge in [0, 0.05) is 39.4 Å². The van der Waals surface area contributed by atoms with E-state index >= 15 is 0 Å². The van der Waals surface area contributed by atoms with Crippen molar-refractivity contribution in [1.82, 2.24) is 4.90 Å². The van der Waals surface area contributed by atoms with Gasteiger partial charge in [0.05, 0.1) is 0 Å². The average Bonchev–Trinajstić information content (AvgIpc) is 3.09. The molecule has 0 radical (unpaired) electrons. The van der Waals surface area contributed by atoms with E-state index in [0.29, 0.717) is 13.1 Å². The molecule has 1 aromatic carbocycles. The number of methoxy groups -OCH3 is 2. The molecule has 3 atom stereocenters. The third-order valence-corrected chi connectivity index (χ3v) is 4.20. The molecule has 1 aromatic rings.